The van der Waals surface area contributed by atoms with Crippen molar-refractivity contribution in [2.24, 2.45) is 17.3 Å². The highest BCUT2D eigenvalue weighted by atomic mass is 16.5. The highest BCUT2D eigenvalue weighted by Crippen LogP contribution is 2.66. The third kappa shape index (κ3) is 3.58. The Morgan fingerprint density at radius 1 is 1.06 bits per heavy atom. The fraction of sp³-hybridized carbons (Fsp3) is 0.444. The summed E-state index contributed by atoms with van der Waals surface area (Å²) in [6.45, 7) is 1.77. The Morgan fingerprint density at radius 3 is 2.44 bits per heavy atom. The van der Waals surface area contributed by atoms with Crippen molar-refractivity contribution in [1.82, 2.24) is 0 Å². The molecule has 4 aliphatic carbocycles. The molecule has 6 rings (SSSR count). The number of para-hydroxylation sites is 1. The fourth-order valence-corrected chi connectivity index (χ4v) is 6.91. The summed E-state index contributed by atoms with van der Waals surface area (Å²) >= 11 is 0. The smallest absolute Gasteiger partial charge is 0.312 e. The zero-order valence-electron chi connectivity index (χ0n) is 18.4. The molecule has 0 saturated heterocycles. The van der Waals surface area contributed by atoms with Crippen LogP contribution in [0.25, 0.3) is 0 Å². The monoisotopic (exact) mass is 428 g/mol. The molecule has 0 unspecified atom stereocenters. The molecule has 164 valence electrons. The maximum Gasteiger partial charge on any atom is 0.312 e. The van der Waals surface area contributed by atoms with Gasteiger partial charge in [0.1, 0.15) is 6.07 Å². The van der Waals surface area contributed by atoms with Gasteiger partial charge in [-0.1, -0.05) is 42.0 Å². The minimum Gasteiger partial charge on any atom is -0.455 e. The van der Waals surface area contributed by atoms with E-state index in [1.54, 1.807) is 24.3 Å². The average Bonchev–Trinajstić information content (AvgIpc) is 2.77. The number of ether oxygens (including phenoxy) is 1. The maximum atomic E-state index is 13.3. The number of aryl methyl sites for hydroxylation is 1. The first-order valence-corrected chi connectivity index (χ1v) is 11.4. The van der Waals surface area contributed by atoms with Crippen molar-refractivity contribution in [2.75, 3.05) is 11.9 Å². The van der Waals surface area contributed by atoms with Gasteiger partial charge in [0.05, 0.1) is 16.7 Å². The standard InChI is InChI=1S/C27H28N2O3/c1-18-6-8-22(9-7-18)26-11-19-10-20(12-26)14-27(13-19,17-26)25(31)32-16-24(30)29-23-5-3-2-4-21(23)15-28/h2-9,19-20H,10-14,16-17H2,1H3,(H,29,30)/t19-,20-,26?,27?/m0/s1. The lowest BCUT2D eigenvalue weighted by molar-refractivity contribution is -0.175. The number of carbonyl (C=O) groups is 2. The second-order valence-corrected chi connectivity index (χ2v) is 10.2. The van der Waals surface area contributed by atoms with Gasteiger partial charge in [-0.05, 0) is 80.4 Å². The van der Waals surface area contributed by atoms with Gasteiger partial charge in [0, 0.05) is 0 Å². The Hall–Kier alpha value is -3.13. The maximum absolute atomic E-state index is 13.3. The van der Waals surface area contributed by atoms with Crippen LogP contribution in [-0.4, -0.2) is 18.5 Å². The Morgan fingerprint density at radius 2 is 1.75 bits per heavy atom. The van der Waals surface area contributed by atoms with E-state index in [-0.39, 0.29) is 18.0 Å². The molecule has 0 aromatic heterocycles. The first-order valence-electron chi connectivity index (χ1n) is 11.4. The number of nitrogens with zero attached hydrogens (tertiary/aromatic N) is 1. The molecule has 0 aliphatic heterocycles. The highest BCUT2D eigenvalue weighted by Gasteiger charge is 2.61. The number of hydrogen-bond donors (Lipinski definition) is 1. The highest BCUT2D eigenvalue weighted by molar-refractivity contribution is 5.94. The van der Waals surface area contributed by atoms with Gasteiger partial charge in [-0.15, -0.1) is 0 Å². The molecule has 1 amide bonds. The molecule has 5 heteroatoms. The van der Waals surface area contributed by atoms with Gasteiger partial charge in [-0.2, -0.15) is 5.26 Å². The predicted octanol–water partition coefficient (Wildman–Crippen LogP) is 4.89. The van der Waals surface area contributed by atoms with Crippen LogP contribution < -0.4 is 5.32 Å². The van der Waals surface area contributed by atoms with E-state index in [1.807, 2.05) is 0 Å². The first-order chi connectivity index (χ1) is 15.4. The lowest BCUT2D eigenvalue weighted by Gasteiger charge is -2.61. The summed E-state index contributed by atoms with van der Waals surface area (Å²) in [6.07, 6.45) is 6.05. The minimum absolute atomic E-state index is 0.0464. The van der Waals surface area contributed by atoms with E-state index < -0.39 is 11.3 Å². The Labute approximate surface area is 188 Å². The van der Waals surface area contributed by atoms with Gasteiger partial charge in [0.2, 0.25) is 0 Å². The predicted molar refractivity (Wildman–Crippen MR) is 121 cm³/mol. The van der Waals surface area contributed by atoms with E-state index in [9.17, 15) is 14.9 Å². The van der Waals surface area contributed by atoms with Crippen molar-refractivity contribution < 1.29 is 14.3 Å². The zero-order valence-corrected chi connectivity index (χ0v) is 18.4. The van der Waals surface area contributed by atoms with E-state index in [1.165, 1.54) is 17.5 Å². The molecule has 2 aromatic carbocycles. The number of esters is 1. The molecule has 5 nitrogen and oxygen atoms in total. The van der Waals surface area contributed by atoms with Gasteiger partial charge < -0.3 is 10.1 Å². The van der Waals surface area contributed by atoms with Gasteiger partial charge in [-0.3, -0.25) is 9.59 Å². The quantitative estimate of drug-likeness (QED) is 0.688. The second-order valence-electron chi connectivity index (χ2n) is 10.2. The SMILES string of the molecule is Cc1ccc(C23C[C@@H]4C[C@H](CC(C(=O)OCC(=O)Nc5ccccc5C#N)(C4)C2)C3)cc1. The third-order valence-corrected chi connectivity index (χ3v) is 7.81. The number of anilines is 1. The molecule has 2 atom stereocenters. The van der Waals surface area contributed by atoms with Crippen LogP contribution in [0.4, 0.5) is 5.69 Å². The van der Waals surface area contributed by atoms with Gasteiger partial charge in [0.25, 0.3) is 5.91 Å². The summed E-state index contributed by atoms with van der Waals surface area (Å²) in [5.41, 5.74) is 2.97. The Balaban J connectivity index is 1.30. The van der Waals surface area contributed by atoms with E-state index in [0.29, 0.717) is 23.1 Å². The molecule has 4 aliphatic rings. The Bertz CT molecular complexity index is 1080. The summed E-state index contributed by atoms with van der Waals surface area (Å²) in [7, 11) is 0. The second kappa shape index (κ2) is 7.78. The van der Waals surface area contributed by atoms with Gasteiger partial charge >= 0.3 is 5.97 Å². The van der Waals surface area contributed by atoms with E-state index in [2.05, 4.69) is 42.6 Å². The van der Waals surface area contributed by atoms with Crippen molar-refractivity contribution in [2.45, 2.75) is 50.9 Å². The summed E-state index contributed by atoms with van der Waals surface area (Å²) in [6, 6.07) is 17.7. The van der Waals surface area contributed by atoms with E-state index in [0.717, 1.165) is 32.1 Å². The zero-order chi connectivity index (χ0) is 22.3. The topological polar surface area (TPSA) is 79.2 Å². The molecule has 4 fully saturated rings. The number of amides is 1. The lowest BCUT2D eigenvalue weighted by Crippen LogP contribution is -2.57. The van der Waals surface area contributed by atoms with Crippen molar-refractivity contribution in [3.8, 4) is 6.07 Å². The number of nitriles is 1. The number of nitrogens with one attached hydrogen (secondary N) is 1. The number of benzene rings is 2. The summed E-state index contributed by atoms with van der Waals surface area (Å²) in [4.78, 5) is 25.8. The largest absolute Gasteiger partial charge is 0.455 e. The van der Waals surface area contributed by atoms with Crippen LogP contribution in [0.3, 0.4) is 0 Å². The van der Waals surface area contributed by atoms with Crippen LogP contribution in [0.15, 0.2) is 48.5 Å². The molecule has 0 heterocycles. The van der Waals surface area contributed by atoms with Crippen LogP contribution in [0, 0.1) is 35.5 Å². The molecule has 0 radical (unpaired) electrons. The van der Waals surface area contributed by atoms with Crippen LogP contribution >= 0.6 is 0 Å². The van der Waals surface area contributed by atoms with Gasteiger partial charge in [0.15, 0.2) is 6.61 Å². The van der Waals surface area contributed by atoms with Crippen molar-refractivity contribution in [1.29, 1.82) is 5.26 Å². The normalized spacial score (nSPS) is 29.9. The lowest BCUT2D eigenvalue weighted by atomic mass is 9.43. The van der Waals surface area contributed by atoms with Crippen molar-refractivity contribution in [3.05, 3.63) is 65.2 Å². The van der Waals surface area contributed by atoms with E-state index in [4.69, 9.17) is 4.74 Å². The van der Waals surface area contributed by atoms with Crippen LogP contribution in [0.2, 0.25) is 0 Å². The molecule has 0 spiro atoms. The number of carbonyl (C=O) groups excluding carboxylic acids is 2. The summed E-state index contributed by atoms with van der Waals surface area (Å²) < 4.78 is 5.60. The average molecular weight is 429 g/mol. The van der Waals surface area contributed by atoms with Crippen LogP contribution in [0.5, 0.6) is 0 Å². The fourth-order valence-electron chi connectivity index (χ4n) is 6.91. The summed E-state index contributed by atoms with van der Waals surface area (Å²) in [5, 5.41) is 11.9. The first kappa shape index (κ1) is 20.8. The molecule has 1 N–H and O–H groups in total. The molecular weight excluding hydrogens is 400 g/mol. The van der Waals surface area contributed by atoms with Crippen LogP contribution in [0.1, 0.15) is 55.2 Å². The summed E-state index contributed by atoms with van der Waals surface area (Å²) in [5.74, 6) is 0.439. The third-order valence-electron chi connectivity index (χ3n) is 7.81. The molecule has 4 bridgehead atoms. The molecule has 2 aromatic rings. The molecule has 4 saturated carbocycles. The van der Waals surface area contributed by atoms with Crippen molar-refractivity contribution >= 4 is 17.6 Å². The van der Waals surface area contributed by atoms with Gasteiger partial charge in [-0.25, -0.2) is 0 Å². The number of rotatable bonds is 5. The van der Waals surface area contributed by atoms with E-state index >= 15 is 0 Å². The Kier molecular flexibility index (Phi) is 5.04. The minimum atomic E-state index is -0.486. The molecule has 32 heavy (non-hydrogen) atoms. The molecular formula is C27H28N2O3. The van der Waals surface area contributed by atoms with Crippen molar-refractivity contribution in [3.63, 3.8) is 0 Å². The number of hydrogen-bond acceptors (Lipinski definition) is 4. The van der Waals surface area contributed by atoms with Crippen LogP contribution in [-0.2, 0) is 19.7 Å².